The van der Waals surface area contributed by atoms with Gasteiger partial charge in [-0.3, -0.25) is 4.79 Å². The summed E-state index contributed by atoms with van der Waals surface area (Å²) in [6.07, 6.45) is 32.2. The van der Waals surface area contributed by atoms with E-state index in [0.29, 0.717) is 6.42 Å². The van der Waals surface area contributed by atoms with Gasteiger partial charge in [-0.2, -0.15) is 0 Å². The highest BCUT2D eigenvalue weighted by molar-refractivity contribution is 5.76. The van der Waals surface area contributed by atoms with Gasteiger partial charge in [0.25, 0.3) is 0 Å². The predicted octanol–water partition coefficient (Wildman–Crippen LogP) is 8.33. The van der Waals surface area contributed by atoms with Crippen LogP contribution in [0.3, 0.4) is 0 Å². The lowest BCUT2D eigenvalue weighted by Gasteiger charge is -2.40. The third kappa shape index (κ3) is 24.9. The molecular weight excluding hydrogens is 658 g/mol. The van der Waals surface area contributed by atoms with E-state index in [1.807, 2.05) is 6.08 Å². The Morgan fingerprint density at radius 1 is 0.635 bits per heavy atom. The van der Waals surface area contributed by atoms with E-state index in [9.17, 15) is 30.3 Å². The normalized spacial score (nSPS) is 22.0. The van der Waals surface area contributed by atoms with Gasteiger partial charge in [0.2, 0.25) is 5.91 Å². The van der Waals surface area contributed by atoms with Crippen molar-refractivity contribution >= 4 is 5.91 Å². The number of nitrogens with one attached hydrogen (secondary N) is 1. The number of hydrogen-bond acceptors (Lipinski definition) is 8. The molecule has 9 nitrogen and oxygen atoms in total. The summed E-state index contributed by atoms with van der Waals surface area (Å²) >= 11 is 0. The lowest BCUT2D eigenvalue weighted by molar-refractivity contribution is -0.302. The van der Waals surface area contributed by atoms with Crippen molar-refractivity contribution in [1.82, 2.24) is 5.32 Å². The Hall–Kier alpha value is -1.33. The van der Waals surface area contributed by atoms with Crippen LogP contribution < -0.4 is 5.32 Å². The zero-order valence-corrected chi connectivity index (χ0v) is 33.3. The average Bonchev–Trinajstić information content (AvgIpc) is 3.14. The fraction of sp³-hybridized carbons (Fsp3) is 0.884. The maximum absolute atomic E-state index is 12.9. The summed E-state index contributed by atoms with van der Waals surface area (Å²) in [7, 11) is 0. The van der Waals surface area contributed by atoms with E-state index in [1.165, 1.54) is 128 Å². The number of aliphatic hydroxyl groups excluding tert-OH is 5. The van der Waals surface area contributed by atoms with E-state index < -0.39 is 49.5 Å². The number of rotatable bonds is 35. The Balaban J connectivity index is 2.38. The van der Waals surface area contributed by atoms with E-state index in [0.717, 1.165) is 38.5 Å². The van der Waals surface area contributed by atoms with E-state index in [2.05, 4.69) is 31.3 Å². The van der Waals surface area contributed by atoms with Gasteiger partial charge in [0.1, 0.15) is 24.4 Å². The van der Waals surface area contributed by atoms with Crippen molar-refractivity contribution in [3.63, 3.8) is 0 Å². The zero-order chi connectivity index (χ0) is 38.1. The summed E-state index contributed by atoms with van der Waals surface area (Å²) in [4.78, 5) is 12.9. The average molecular weight is 740 g/mol. The fourth-order valence-electron chi connectivity index (χ4n) is 6.76. The van der Waals surface area contributed by atoms with Crippen LogP contribution in [-0.4, -0.2) is 87.5 Å². The highest BCUT2D eigenvalue weighted by atomic mass is 16.7. The molecule has 52 heavy (non-hydrogen) atoms. The van der Waals surface area contributed by atoms with E-state index in [-0.39, 0.29) is 12.5 Å². The van der Waals surface area contributed by atoms with Crippen LogP contribution in [0.5, 0.6) is 0 Å². The van der Waals surface area contributed by atoms with Gasteiger partial charge in [-0.25, -0.2) is 0 Å². The monoisotopic (exact) mass is 740 g/mol. The Morgan fingerprint density at radius 3 is 1.62 bits per heavy atom. The molecule has 0 radical (unpaired) electrons. The number of carbonyl (C=O) groups excluding carboxylic acids is 1. The lowest BCUT2D eigenvalue weighted by Crippen LogP contribution is -2.60. The highest BCUT2D eigenvalue weighted by Gasteiger charge is 2.44. The van der Waals surface area contributed by atoms with Gasteiger partial charge in [0.05, 0.1) is 25.4 Å². The Bertz CT molecular complexity index is 868. The van der Waals surface area contributed by atoms with Crippen molar-refractivity contribution < 1.29 is 39.8 Å². The molecule has 306 valence electrons. The topological polar surface area (TPSA) is 149 Å². The molecule has 7 atom stereocenters. The second-order valence-electron chi connectivity index (χ2n) is 15.1. The molecule has 1 aliphatic heterocycles. The minimum absolute atomic E-state index is 0.187. The van der Waals surface area contributed by atoms with Gasteiger partial charge in [-0.05, 0) is 32.1 Å². The molecule has 0 saturated carbocycles. The number of ether oxygens (including phenoxy) is 2. The first-order valence-electron chi connectivity index (χ1n) is 21.6. The highest BCUT2D eigenvalue weighted by Crippen LogP contribution is 2.22. The van der Waals surface area contributed by atoms with Crippen molar-refractivity contribution in [2.75, 3.05) is 13.2 Å². The van der Waals surface area contributed by atoms with Crippen LogP contribution in [0.2, 0.25) is 0 Å². The molecule has 1 saturated heterocycles. The van der Waals surface area contributed by atoms with Gasteiger partial charge in [-0.1, -0.05) is 173 Å². The quantitative estimate of drug-likeness (QED) is 0.0281. The van der Waals surface area contributed by atoms with Gasteiger partial charge in [0.15, 0.2) is 6.29 Å². The number of amides is 1. The van der Waals surface area contributed by atoms with Crippen LogP contribution in [0.15, 0.2) is 24.3 Å². The second kappa shape index (κ2) is 34.2. The van der Waals surface area contributed by atoms with Gasteiger partial charge >= 0.3 is 0 Å². The summed E-state index contributed by atoms with van der Waals surface area (Å²) in [6, 6.07) is -0.815. The number of unbranched alkanes of at least 4 members (excludes halogenated alkanes) is 23. The smallest absolute Gasteiger partial charge is 0.220 e. The SMILES string of the molecule is CCCCCCCC/C=C/CC/C=C/C(O)C(COC1OC(CO)C(O)C(O)C1O)NC(=O)CCCCCCCCCCCCCCCCCCC. The Morgan fingerprint density at radius 2 is 1.10 bits per heavy atom. The van der Waals surface area contributed by atoms with Crippen molar-refractivity contribution in [2.45, 2.75) is 230 Å². The van der Waals surface area contributed by atoms with Crippen molar-refractivity contribution in [3.05, 3.63) is 24.3 Å². The molecule has 6 N–H and O–H groups in total. The standard InChI is InChI=1S/C43H81NO8/c1-3-5-7-9-11-13-15-17-18-19-20-21-23-25-27-29-31-33-39(47)44-36(35-51-43-42(50)41(49)40(48)38(34-45)52-43)37(46)32-30-28-26-24-22-16-14-12-10-8-6-4-2/h22,24,30,32,36-38,40-43,45-46,48-50H,3-21,23,25-29,31,33-35H2,1-2H3,(H,44,47)/b24-22+,32-30+. The molecule has 9 heteroatoms. The van der Waals surface area contributed by atoms with Crippen LogP contribution in [-0.2, 0) is 14.3 Å². The third-order valence-electron chi connectivity index (χ3n) is 10.3. The molecule has 0 bridgehead atoms. The molecule has 0 aromatic rings. The maximum atomic E-state index is 12.9. The molecule has 0 aromatic carbocycles. The van der Waals surface area contributed by atoms with Crippen molar-refractivity contribution in [2.24, 2.45) is 0 Å². The van der Waals surface area contributed by atoms with Crippen LogP contribution in [0, 0.1) is 0 Å². The molecule has 1 heterocycles. The van der Waals surface area contributed by atoms with Crippen LogP contribution >= 0.6 is 0 Å². The molecule has 1 rings (SSSR count). The predicted molar refractivity (Wildman–Crippen MR) is 212 cm³/mol. The number of aliphatic hydroxyl groups is 5. The lowest BCUT2D eigenvalue weighted by atomic mass is 9.99. The molecule has 0 aliphatic carbocycles. The largest absolute Gasteiger partial charge is 0.394 e. The van der Waals surface area contributed by atoms with Gasteiger partial charge < -0.3 is 40.3 Å². The molecule has 1 amide bonds. The van der Waals surface area contributed by atoms with E-state index in [4.69, 9.17) is 9.47 Å². The minimum Gasteiger partial charge on any atom is -0.394 e. The van der Waals surface area contributed by atoms with Crippen molar-refractivity contribution in [3.8, 4) is 0 Å². The molecule has 7 unspecified atom stereocenters. The summed E-state index contributed by atoms with van der Waals surface area (Å²) in [6.45, 7) is 3.73. The van der Waals surface area contributed by atoms with Crippen molar-refractivity contribution in [1.29, 1.82) is 0 Å². The first-order chi connectivity index (χ1) is 25.3. The van der Waals surface area contributed by atoms with Gasteiger partial charge in [0, 0.05) is 6.42 Å². The third-order valence-corrected chi connectivity index (χ3v) is 10.3. The number of allylic oxidation sites excluding steroid dienone is 3. The summed E-state index contributed by atoms with van der Waals surface area (Å²) in [5.41, 5.74) is 0. The molecule has 0 aromatic heterocycles. The fourth-order valence-corrected chi connectivity index (χ4v) is 6.76. The summed E-state index contributed by atoms with van der Waals surface area (Å²) in [5.74, 6) is -0.187. The van der Waals surface area contributed by atoms with E-state index in [1.54, 1.807) is 6.08 Å². The molecule has 1 aliphatic rings. The second-order valence-corrected chi connectivity index (χ2v) is 15.1. The first-order valence-corrected chi connectivity index (χ1v) is 21.6. The number of carbonyl (C=O) groups is 1. The first kappa shape index (κ1) is 48.7. The summed E-state index contributed by atoms with van der Waals surface area (Å²) in [5, 5.41) is 54.0. The molecule has 0 spiro atoms. The molecule has 1 fully saturated rings. The number of hydrogen-bond donors (Lipinski definition) is 6. The molecular formula is C43H81NO8. The van der Waals surface area contributed by atoms with E-state index >= 15 is 0 Å². The van der Waals surface area contributed by atoms with Gasteiger partial charge in [-0.15, -0.1) is 0 Å². The van der Waals surface area contributed by atoms with Crippen LogP contribution in [0.1, 0.15) is 187 Å². The Kier molecular flexibility index (Phi) is 32.0. The van der Waals surface area contributed by atoms with Crippen LogP contribution in [0.4, 0.5) is 0 Å². The minimum atomic E-state index is -1.57. The van der Waals surface area contributed by atoms with Crippen LogP contribution in [0.25, 0.3) is 0 Å². The zero-order valence-electron chi connectivity index (χ0n) is 33.3. The maximum Gasteiger partial charge on any atom is 0.220 e. The summed E-state index contributed by atoms with van der Waals surface area (Å²) < 4.78 is 11.2. The Labute approximate surface area is 318 Å².